The lowest BCUT2D eigenvalue weighted by atomic mass is 10.5. The highest BCUT2D eigenvalue weighted by Gasteiger charge is 1.95. The van der Waals surface area contributed by atoms with Crippen molar-refractivity contribution in [2.24, 2.45) is 0 Å². The van der Waals surface area contributed by atoms with Crippen molar-refractivity contribution in [3.05, 3.63) is 23.5 Å². The summed E-state index contributed by atoms with van der Waals surface area (Å²) in [6.45, 7) is 0. The SMILES string of the molecule is CN(C)Sc1ccc(Cl)nc1. The fourth-order valence-electron chi connectivity index (χ4n) is 0.627. The van der Waals surface area contributed by atoms with Crippen LogP contribution in [0.4, 0.5) is 0 Å². The summed E-state index contributed by atoms with van der Waals surface area (Å²) >= 11 is 7.23. The summed E-state index contributed by atoms with van der Waals surface area (Å²) in [5.74, 6) is 0. The zero-order valence-electron chi connectivity index (χ0n) is 6.41. The highest BCUT2D eigenvalue weighted by atomic mass is 35.5. The summed E-state index contributed by atoms with van der Waals surface area (Å²) in [7, 11) is 3.97. The van der Waals surface area contributed by atoms with E-state index in [0.717, 1.165) is 4.90 Å². The number of pyridine rings is 1. The third-order valence-corrected chi connectivity index (χ3v) is 2.03. The summed E-state index contributed by atoms with van der Waals surface area (Å²) in [5.41, 5.74) is 0. The third kappa shape index (κ3) is 3.10. The van der Waals surface area contributed by atoms with Gasteiger partial charge in [-0.15, -0.1) is 0 Å². The molecule has 0 aromatic carbocycles. The zero-order chi connectivity index (χ0) is 8.27. The van der Waals surface area contributed by atoms with Crippen LogP contribution in [0.25, 0.3) is 0 Å². The van der Waals surface area contributed by atoms with Crippen LogP contribution in [0.2, 0.25) is 5.15 Å². The lowest BCUT2D eigenvalue weighted by Crippen LogP contribution is -1.98. The molecule has 0 fully saturated rings. The first-order valence-corrected chi connectivity index (χ1v) is 4.30. The van der Waals surface area contributed by atoms with Gasteiger partial charge >= 0.3 is 0 Å². The molecule has 0 aliphatic carbocycles. The fraction of sp³-hybridized carbons (Fsp3) is 0.286. The molecule has 1 aromatic rings. The van der Waals surface area contributed by atoms with Crippen LogP contribution >= 0.6 is 23.5 Å². The molecule has 1 aromatic heterocycles. The second-order valence-electron chi connectivity index (χ2n) is 2.22. The van der Waals surface area contributed by atoms with Gasteiger partial charge in [-0.2, -0.15) is 0 Å². The van der Waals surface area contributed by atoms with Crippen molar-refractivity contribution in [3.63, 3.8) is 0 Å². The predicted molar refractivity (Wildman–Crippen MR) is 48.8 cm³/mol. The van der Waals surface area contributed by atoms with Crippen molar-refractivity contribution in [1.29, 1.82) is 0 Å². The molecule has 0 spiro atoms. The van der Waals surface area contributed by atoms with Crippen LogP contribution in [0.1, 0.15) is 0 Å². The molecule has 4 heteroatoms. The van der Waals surface area contributed by atoms with Crippen LogP contribution in [0.3, 0.4) is 0 Å². The molecule has 0 atom stereocenters. The zero-order valence-corrected chi connectivity index (χ0v) is 7.99. The number of rotatable bonds is 2. The molecule has 0 saturated heterocycles. The maximum absolute atomic E-state index is 5.61. The molecule has 0 N–H and O–H groups in total. The van der Waals surface area contributed by atoms with Crippen LogP contribution in [-0.2, 0) is 0 Å². The quantitative estimate of drug-likeness (QED) is 0.524. The molecule has 0 aliphatic rings. The van der Waals surface area contributed by atoms with E-state index in [2.05, 4.69) is 4.98 Å². The largest absolute Gasteiger partial charge is 0.253 e. The number of aromatic nitrogens is 1. The Balaban J connectivity index is 2.66. The Kier molecular flexibility index (Phi) is 3.17. The van der Waals surface area contributed by atoms with Gasteiger partial charge in [0.1, 0.15) is 5.15 Å². The Labute approximate surface area is 75.7 Å². The van der Waals surface area contributed by atoms with Crippen molar-refractivity contribution in [3.8, 4) is 0 Å². The van der Waals surface area contributed by atoms with Crippen LogP contribution in [0, 0.1) is 0 Å². The Morgan fingerprint density at radius 2 is 2.18 bits per heavy atom. The topological polar surface area (TPSA) is 16.1 Å². The Morgan fingerprint density at radius 1 is 1.45 bits per heavy atom. The lowest BCUT2D eigenvalue weighted by Gasteiger charge is -2.06. The second kappa shape index (κ2) is 3.95. The van der Waals surface area contributed by atoms with Gasteiger partial charge in [-0.05, 0) is 38.2 Å². The minimum Gasteiger partial charge on any atom is -0.253 e. The molecule has 1 heterocycles. The Bertz CT molecular complexity index is 222. The fourth-order valence-corrected chi connectivity index (χ4v) is 1.39. The predicted octanol–water partition coefficient (Wildman–Crippen LogP) is 2.30. The minimum atomic E-state index is 0.535. The molecular weight excluding hydrogens is 180 g/mol. The lowest BCUT2D eigenvalue weighted by molar-refractivity contribution is 0.702. The van der Waals surface area contributed by atoms with Gasteiger partial charge in [0.2, 0.25) is 0 Å². The summed E-state index contributed by atoms with van der Waals surface area (Å²) in [5, 5.41) is 0.535. The maximum atomic E-state index is 5.61. The van der Waals surface area contributed by atoms with Crippen molar-refractivity contribution in [2.45, 2.75) is 4.90 Å². The van der Waals surface area contributed by atoms with Gasteiger partial charge in [0.25, 0.3) is 0 Å². The number of hydrogen-bond donors (Lipinski definition) is 0. The summed E-state index contributed by atoms with van der Waals surface area (Å²) in [6.07, 6.45) is 1.76. The van der Waals surface area contributed by atoms with E-state index >= 15 is 0 Å². The Hall–Kier alpha value is -0.250. The van der Waals surface area contributed by atoms with Gasteiger partial charge in [0, 0.05) is 11.1 Å². The summed E-state index contributed by atoms with van der Waals surface area (Å²) in [6, 6.07) is 3.73. The molecule has 0 bridgehead atoms. The van der Waals surface area contributed by atoms with E-state index in [-0.39, 0.29) is 0 Å². The normalized spacial score (nSPS) is 10.5. The summed E-state index contributed by atoms with van der Waals surface area (Å²) < 4.78 is 2.00. The number of hydrogen-bond acceptors (Lipinski definition) is 3. The van der Waals surface area contributed by atoms with Gasteiger partial charge in [-0.1, -0.05) is 11.6 Å². The summed E-state index contributed by atoms with van der Waals surface area (Å²) in [4.78, 5) is 5.05. The molecule has 0 unspecified atom stereocenters. The highest BCUT2D eigenvalue weighted by molar-refractivity contribution is 7.97. The van der Waals surface area contributed by atoms with E-state index in [1.54, 1.807) is 24.2 Å². The molecule has 1 rings (SSSR count). The smallest absolute Gasteiger partial charge is 0.129 e. The van der Waals surface area contributed by atoms with Crippen LogP contribution in [0.15, 0.2) is 23.2 Å². The van der Waals surface area contributed by atoms with Crippen molar-refractivity contribution in [1.82, 2.24) is 9.29 Å². The molecule has 0 radical (unpaired) electrons. The second-order valence-corrected chi connectivity index (χ2v) is 3.99. The van der Waals surface area contributed by atoms with Crippen molar-refractivity contribution in [2.75, 3.05) is 14.1 Å². The molecule has 2 nitrogen and oxygen atoms in total. The molecule has 0 saturated carbocycles. The Morgan fingerprint density at radius 3 is 2.64 bits per heavy atom. The average Bonchev–Trinajstić information content (AvgIpc) is 1.93. The third-order valence-electron chi connectivity index (χ3n) is 0.988. The van der Waals surface area contributed by atoms with Crippen LogP contribution < -0.4 is 0 Å². The molecule has 0 amide bonds. The van der Waals surface area contributed by atoms with Crippen LogP contribution in [-0.4, -0.2) is 23.4 Å². The first-order chi connectivity index (χ1) is 5.18. The first-order valence-electron chi connectivity index (χ1n) is 3.15. The highest BCUT2D eigenvalue weighted by Crippen LogP contribution is 2.19. The number of halogens is 1. The first kappa shape index (κ1) is 8.84. The molecule has 60 valence electrons. The maximum Gasteiger partial charge on any atom is 0.129 e. The minimum absolute atomic E-state index is 0.535. The molecular formula is C7H9ClN2S. The average molecular weight is 189 g/mol. The monoisotopic (exact) mass is 188 g/mol. The van der Waals surface area contributed by atoms with Gasteiger partial charge in [-0.25, -0.2) is 4.98 Å². The van der Waals surface area contributed by atoms with E-state index in [1.165, 1.54) is 0 Å². The van der Waals surface area contributed by atoms with Crippen molar-refractivity contribution >= 4 is 23.5 Å². The van der Waals surface area contributed by atoms with E-state index in [1.807, 2.05) is 24.5 Å². The van der Waals surface area contributed by atoms with Gasteiger partial charge < -0.3 is 0 Å². The standard InChI is InChI=1S/C7H9ClN2S/c1-10(2)11-6-3-4-7(8)9-5-6/h3-5H,1-2H3. The van der Waals surface area contributed by atoms with E-state index in [0.29, 0.717) is 5.15 Å². The van der Waals surface area contributed by atoms with Crippen molar-refractivity contribution < 1.29 is 0 Å². The molecule has 0 aliphatic heterocycles. The van der Waals surface area contributed by atoms with E-state index in [9.17, 15) is 0 Å². The van der Waals surface area contributed by atoms with Crippen LogP contribution in [0.5, 0.6) is 0 Å². The van der Waals surface area contributed by atoms with E-state index in [4.69, 9.17) is 11.6 Å². The van der Waals surface area contributed by atoms with Gasteiger partial charge in [0.05, 0.1) is 0 Å². The van der Waals surface area contributed by atoms with Gasteiger partial charge in [0.15, 0.2) is 0 Å². The molecule has 11 heavy (non-hydrogen) atoms. The van der Waals surface area contributed by atoms with Gasteiger partial charge in [-0.3, -0.25) is 4.31 Å². The van der Waals surface area contributed by atoms with E-state index < -0.39 is 0 Å². The number of nitrogens with zero attached hydrogens (tertiary/aromatic N) is 2.